The minimum atomic E-state index is -4.27. The van der Waals surface area contributed by atoms with Crippen molar-refractivity contribution in [2.24, 2.45) is 5.92 Å². The van der Waals surface area contributed by atoms with Gasteiger partial charge in [0.2, 0.25) is 0 Å². The Hall–Kier alpha value is -1.89. The van der Waals surface area contributed by atoms with Crippen LogP contribution in [0.15, 0.2) is 23.3 Å². The first kappa shape index (κ1) is 19.1. The molecule has 0 bridgehead atoms. The van der Waals surface area contributed by atoms with E-state index in [1.807, 2.05) is 6.08 Å². The molecule has 1 unspecified atom stereocenters. The summed E-state index contributed by atoms with van der Waals surface area (Å²) in [6, 6.07) is 0. The standard InChI is InChI=1S/C22H27F3N4/c23-22(24,25)18-4-2-1-3-16(18)15-9-12-29(13-15)21-17-7-10-26-11-8-19(17)27-20(28-21)14-5-6-14/h3-4,14-15,26H,1-2,5-13H2. The fourth-order valence-electron chi connectivity index (χ4n) is 4.90. The predicted molar refractivity (Wildman–Crippen MR) is 106 cm³/mol. The summed E-state index contributed by atoms with van der Waals surface area (Å²) in [6.07, 6.45) is 4.92. The van der Waals surface area contributed by atoms with E-state index in [4.69, 9.17) is 9.97 Å². The van der Waals surface area contributed by atoms with Gasteiger partial charge in [0.15, 0.2) is 0 Å². The van der Waals surface area contributed by atoms with Crippen LogP contribution in [0.5, 0.6) is 0 Å². The van der Waals surface area contributed by atoms with Crippen LogP contribution in [0.2, 0.25) is 0 Å². The van der Waals surface area contributed by atoms with E-state index in [0.29, 0.717) is 30.9 Å². The Morgan fingerprint density at radius 3 is 2.55 bits per heavy atom. The van der Waals surface area contributed by atoms with Crippen molar-refractivity contribution in [1.29, 1.82) is 0 Å². The van der Waals surface area contributed by atoms with Gasteiger partial charge >= 0.3 is 6.18 Å². The molecular weight excluding hydrogens is 377 g/mol. The van der Waals surface area contributed by atoms with E-state index in [0.717, 1.165) is 69.1 Å². The Morgan fingerprint density at radius 2 is 1.76 bits per heavy atom. The maximum atomic E-state index is 13.5. The van der Waals surface area contributed by atoms with Gasteiger partial charge in [-0.1, -0.05) is 12.2 Å². The Balaban J connectivity index is 1.43. The maximum Gasteiger partial charge on any atom is 0.416 e. The molecule has 3 heterocycles. The number of hydrogen-bond donors (Lipinski definition) is 1. The zero-order chi connectivity index (χ0) is 20.0. The van der Waals surface area contributed by atoms with E-state index in [2.05, 4.69) is 10.2 Å². The number of rotatable bonds is 3. The number of anilines is 1. The van der Waals surface area contributed by atoms with Crippen LogP contribution in [-0.2, 0) is 12.8 Å². The van der Waals surface area contributed by atoms with Crippen molar-refractivity contribution in [2.45, 2.75) is 57.0 Å². The lowest BCUT2D eigenvalue weighted by molar-refractivity contribution is -0.0905. The number of hydrogen-bond acceptors (Lipinski definition) is 4. The number of fused-ring (bicyclic) bond motifs is 1. The number of nitrogens with zero attached hydrogens (tertiary/aromatic N) is 3. The maximum absolute atomic E-state index is 13.5. The molecule has 0 aromatic carbocycles. The fourth-order valence-corrected chi connectivity index (χ4v) is 4.90. The van der Waals surface area contributed by atoms with Gasteiger partial charge in [-0.2, -0.15) is 13.2 Å². The third-order valence-corrected chi connectivity index (χ3v) is 6.54. The summed E-state index contributed by atoms with van der Waals surface area (Å²) in [7, 11) is 0. The van der Waals surface area contributed by atoms with Crippen LogP contribution in [0.4, 0.5) is 19.0 Å². The topological polar surface area (TPSA) is 41.1 Å². The van der Waals surface area contributed by atoms with Crippen LogP contribution in [0, 0.1) is 5.92 Å². The normalized spacial score (nSPS) is 25.3. The van der Waals surface area contributed by atoms with Crippen molar-refractivity contribution in [3.8, 4) is 0 Å². The van der Waals surface area contributed by atoms with Gasteiger partial charge in [0.1, 0.15) is 11.6 Å². The molecular formula is C22H27F3N4. The highest BCUT2D eigenvalue weighted by Crippen LogP contribution is 2.43. The minimum Gasteiger partial charge on any atom is -0.356 e. The highest BCUT2D eigenvalue weighted by atomic mass is 19.4. The van der Waals surface area contributed by atoms with Gasteiger partial charge < -0.3 is 10.2 Å². The molecule has 5 rings (SSSR count). The second-order valence-electron chi connectivity index (χ2n) is 8.64. The van der Waals surface area contributed by atoms with Crippen LogP contribution in [0.3, 0.4) is 0 Å². The number of allylic oxidation sites excluding steroid dienone is 3. The van der Waals surface area contributed by atoms with Crippen LogP contribution in [0.1, 0.15) is 55.1 Å². The zero-order valence-corrected chi connectivity index (χ0v) is 16.6. The molecule has 1 saturated heterocycles. The third kappa shape index (κ3) is 3.81. The lowest BCUT2D eigenvalue weighted by Gasteiger charge is -2.25. The molecule has 0 radical (unpaired) electrons. The van der Waals surface area contributed by atoms with Gasteiger partial charge in [0.05, 0.1) is 11.3 Å². The molecule has 0 amide bonds. The van der Waals surface area contributed by atoms with E-state index in [1.54, 1.807) is 0 Å². The Kier molecular flexibility index (Phi) is 4.88. The SMILES string of the molecule is FC(F)(F)C1=CCCC=C1C1CCN(c2nc(C3CC3)nc3c2CCNCC3)C1. The molecule has 1 atom stereocenters. The fraction of sp³-hybridized carbons (Fsp3) is 0.636. The van der Waals surface area contributed by atoms with E-state index in [1.165, 1.54) is 11.6 Å². The molecule has 1 saturated carbocycles. The first-order valence-electron chi connectivity index (χ1n) is 10.8. The zero-order valence-electron chi connectivity index (χ0n) is 16.6. The van der Waals surface area contributed by atoms with Crippen molar-refractivity contribution in [1.82, 2.24) is 15.3 Å². The summed E-state index contributed by atoms with van der Waals surface area (Å²) in [4.78, 5) is 12.1. The summed E-state index contributed by atoms with van der Waals surface area (Å²) in [5, 5.41) is 3.43. The third-order valence-electron chi connectivity index (χ3n) is 6.54. The second-order valence-corrected chi connectivity index (χ2v) is 8.64. The van der Waals surface area contributed by atoms with Crippen LogP contribution in [0.25, 0.3) is 0 Å². The molecule has 2 aliphatic heterocycles. The molecule has 2 aliphatic carbocycles. The first-order chi connectivity index (χ1) is 14.0. The van der Waals surface area contributed by atoms with E-state index in [-0.39, 0.29) is 5.92 Å². The van der Waals surface area contributed by atoms with E-state index < -0.39 is 11.7 Å². The number of nitrogens with one attached hydrogen (secondary N) is 1. The molecule has 2 fully saturated rings. The van der Waals surface area contributed by atoms with E-state index >= 15 is 0 Å². The van der Waals surface area contributed by atoms with Crippen molar-refractivity contribution in [3.05, 3.63) is 40.4 Å². The van der Waals surface area contributed by atoms with Crippen LogP contribution in [-0.4, -0.2) is 42.3 Å². The second kappa shape index (κ2) is 7.42. The first-order valence-corrected chi connectivity index (χ1v) is 10.8. The molecule has 4 nitrogen and oxygen atoms in total. The quantitative estimate of drug-likeness (QED) is 0.824. The number of aromatic nitrogens is 2. The highest BCUT2D eigenvalue weighted by Gasteiger charge is 2.41. The average molecular weight is 404 g/mol. The Bertz CT molecular complexity index is 854. The van der Waals surface area contributed by atoms with Gasteiger partial charge in [0.25, 0.3) is 0 Å². The van der Waals surface area contributed by atoms with Gasteiger partial charge in [-0.15, -0.1) is 0 Å². The summed E-state index contributed by atoms with van der Waals surface area (Å²) < 4.78 is 40.6. The largest absolute Gasteiger partial charge is 0.416 e. The predicted octanol–water partition coefficient (Wildman–Crippen LogP) is 4.08. The lowest BCUT2D eigenvalue weighted by Crippen LogP contribution is -2.26. The van der Waals surface area contributed by atoms with Gasteiger partial charge in [-0.25, -0.2) is 9.97 Å². The van der Waals surface area contributed by atoms with Crippen LogP contribution < -0.4 is 10.2 Å². The molecule has 1 N–H and O–H groups in total. The van der Waals surface area contributed by atoms with Gasteiger partial charge in [0, 0.05) is 43.5 Å². The smallest absolute Gasteiger partial charge is 0.356 e. The van der Waals surface area contributed by atoms with Crippen LogP contribution >= 0.6 is 0 Å². The highest BCUT2D eigenvalue weighted by molar-refractivity contribution is 5.53. The Labute approximate surface area is 169 Å². The van der Waals surface area contributed by atoms with Crippen molar-refractivity contribution < 1.29 is 13.2 Å². The summed E-state index contributed by atoms with van der Waals surface area (Å²) in [5.41, 5.74) is 2.41. The summed E-state index contributed by atoms with van der Waals surface area (Å²) in [6.45, 7) is 3.19. The molecule has 1 aromatic rings. The monoisotopic (exact) mass is 404 g/mol. The summed E-state index contributed by atoms with van der Waals surface area (Å²) >= 11 is 0. The molecule has 0 spiro atoms. The van der Waals surface area contributed by atoms with Gasteiger partial charge in [-0.05, 0) is 50.6 Å². The van der Waals surface area contributed by atoms with Crippen molar-refractivity contribution >= 4 is 5.82 Å². The number of alkyl halides is 3. The summed E-state index contributed by atoms with van der Waals surface area (Å²) in [5.74, 6) is 2.31. The minimum absolute atomic E-state index is 0.0814. The Morgan fingerprint density at radius 1 is 0.966 bits per heavy atom. The molecule has 1 aromatic heterocycles. The molecule has 29 heavy (non-hydrogen) atoms. The van der Waals surface area contributed by atoms with Crippen molar-refractivity contribution in [2.75, 3.05) is 31.1 Å². The average Bonchev–Trinajstić information content (AvgIpc) is 3.48. The van der Waals surface area contributed by atoms with Gasteiger partial charge in [-0.3, -0.25) is 0 Å². The van der Waals surface area contributed by atoms with Crippen molar-refractivity contribution in [3.63, 3.8) is 0 Å². The molecule has 4 aliphatic rings. The lowest BCUT2D eigenvalue weighted by atomic mass is 9.86. The van der Waals surface area contributed by atoms with E-state index in [9.17, 15) is 13.2 Å². The molecule has 7 heteroatoms. The number of halogens is 3. The molecule has 156 valence electrons.